The molecule has 4 aromatic heterocycles. The lowest BCUT2D eigenvalue weighted by Gasteiger charge is -2.13. The number of aryl methyl sites for hydroxylation is 5. The van der Waals surface area contributed by atoms with Gasteiger partial charge in [-0.25, -0.2) is 0 Å². The highest BCUT2D eigenvalue weighted by atomic mass is 16.4. The van der Waals surface area contributed by atoms with Crippen molar-refractivity contribution in [3.8, 4) is 22.5 Å². The first-order valence-corrected chi connectivity index (χ1v) is 15.9. The number of aromatic amines is 2. The maximum Gasteiger partial charge on any atom is 0.291 e. The molecule has 2 aliphatic carbocycles. The predicted octanol–water partition coefficient (Wildman–Crippen LogP) is 6.55. The summed E-state index contributed by atoms with van der Waals surface area (Å²) in [5, 5.41) is 20.7. The Hall–Kier alpha value is -5.64. The van der Waals surface area contributed by atoms with Crippen LogP contribution in [0.15, 0.2) is 63.7 Å². The molecular weight excluding hydrogens is 592 g/mol. The minimum Gasteiger partial charge on any atom is -0.455 e. The van der Waals surface area contributed by atoms with Gasteiger partial charge in [0.2, 0.25) is 0 Å². The number of rotatable bonds is 7. The summed E-state index contributed by atoms with van der Waals surface area (Å²) in [5.74, 6) is 1.77. The Balaban J connectivity index is 0.977. The van der Waals surface area contributed by atoms with E-state index in [0.29, 0.717) is 24.5 Å². The molecule has 0 bridgehead atoms. The molecule has 0 spiro atoms. The Bertz CT molecular complexity index is 2200. The van der Waals surface area contributed by atoms with Crippen LogP contribution in [0.5, 0.6) is 0 Å². The van der Waals surface area contributed by atoms with Gasteiger partial charge >= 0.3 is 0 Å². The zero-order valence-corrected chi connectivity index (χ0v) is 26.5. The van der Waals surface area contributed by atoms with Crippen LogP contribution in [0.4, 0.5) is 5.69 Å². The second kappa shape index (κ2) is 11.3. The van der Waals surface area contributed by atoms with E-state index in [1.807, 2.05) is 63.5 Å². The van der Waals surface area contributed by atoms with Gasteiger partial charge < -0.3 is 19.5 Å². The minimum atomic E-state index is -0.278. The number of nitrogens with one attached hydrogen (secondary N) is 4. The normalized spacial score (nSPS) is 13.0. The van der Waals surface area contributed by atoms with Gasteiger partial charge in [-0.05, 0) is 79.5 Å². The molecule has 0 saturated heterocycles. The maximum absolute atomic E-state index is 13.6. The van der Waals surface area contributed by atoms with E-state index < -0.39 is 0 Å². The lowest BCUT2D eigenvalue weighted by atomic mass is 9.93. The van der Waals surface area contributed by atoms with Crippen LogP contribution in [0.2, 0.25) is 0 Å². The molecule has 0 atom stereocenters. The highest BCUT2D eigenvalue weighted by molar-refractivity contribution is 6.05. The molecule has 2 aliphatic rings. The third kappa shape index (κ3) is 5.06. The number of carbonyl (C=O) groups is 2. The second-order valence-corrected chi connectivity index (χ2v) is 12.5. The Kier molecular flexibility index (Phi) is 6.93. The number of furan rings is 2. The third-order valence-electron chi connectivity index (χ3n) is 9.38. The van der Waals surface area contributed by atoms with Crippen molar-refractivity contribution in [3.05, 3.63) is 122 Å². The standard InChI is InChI=1S/C37H34N6O4/c1-19-7-8-24(27(13-19)41-37(45)35-21(3)31-29(47-35)12-10-26-18-40-43-33(26)31)15-22-5-4-6-23(14-22)16-38-36(44)34-20(2)30-28(46-34)11-9-25-17-39-42-32(25)30/h4-8,13-14,17-18H,9-12,15-16H2,1-3H3,(H,38,44)(H,39,42)(H,40,43)(H,41,45). The predicted molar refractivity (Wildman–Crippen MR) is 176 cm³/mol. The molecule has 236 valence electrons. The van der Waals surface area contributed by atoms with Gasteiger partial charge in [0.1, 0.15) is 11.5 Å². The molecule has 0 fully saturated rings. The second-order valence-electron chi connectivity index (χ2n) is 12.5. The molecule has 2 aromatic carbocycles. The largest absolute Gasteiger partial charge is 0.455 e. The van der Waals surface area contributed by atoms with Gasteiger partial charge in [0, 0.05) is 47.3 Å². The lowest BCUT2D eigenvalue weighted by Crippen LogP contribution is -2.23. The summed E-state index contributed by atoms with van der Waals surface area (Å²) < 4.78 is 12.2. The monoisotopic (exact) mass is 626 g/mol. The topological polar surface area (TPSA) is 142 Å². The number of H-pyrrole nitrogens is 2. The third-order valence-corrected chi connectivity index (χ3v) is 9.38. The number of hydrogen-bond acceptors (Lipinski definition) is 6. The van der Waals surface area contributed by atoms with Crippen molar-refractivity contribution < 1.29 is 18.4 Å². The summed E-state index contributed by atoms with van der Waals surface area (Å²) in [6.07, 6.45) is 7.42. The Morgan fingerprint density at radius 2 is 1.38 bits per heavy atom. The van der Waals surface area contributed by atoms with Crippen LogP contribution in [0.1, 0.15) is 77.1 Å². The van der Waals surface area contributed by atoms with E-state index in [-0.39, 0.29) is 11.8 Å². The first-order chi connectivity index (χ1) is 22.8. The van der Waals surface area contributed by atoms with Crippen LogP contribution in [0, 0.1) is 20.8 Å². The van der Waals surface area contributed by atoms with Gasteiger partial charge in [-0.1, -0.05) is 36.4 Å². The summed E-state index contributed by atoms with van der Waals surface area (Å²) >= 11 is 0. The number of hydrogen-bond donors (Lipinski definition) is 4. The van der Waals surface area contributed by atoms with Crippen LogP contribution in [-0.2, 0) is 38.6 Å². The van der Waals surface area contributed by atoms with Gasteiger partial charge in [-0.2, -0.15) is 10.2 Å². The van der Waals surface area contributed by atoms with E-state index in [4.69, 9.17) is 8.83 Å². The molecule has 2 amide bonds. The lowest BCUT2D eigenvalue weighted by molar-refractivity contribution is 0.0919. The van der Waals surface area contributed by atoms with E-state index >= 15 is 0 Å². The minimum absolute atomic E-state index is 0.245. The summed E-state index contributed by atoms with van der Waals surface area (Å²) in [6.45, 7) is 6.20. The van der Waals surface area contributed by atoms with Crippen molar-refractivity contribution >= 4 is 17.5 Å². The number of amides is 2. The van der Waals surface area contributed by atoms with Gasteiger partial charge in [-0.3, -0.25) is 19.8 Å². The number of nitrogens with zero attached hydrogens (tertiary/aromatic N) is 2. The van der Waals surface area contributed by atoms with E-state index in [9.17, 15) is 9.59 Å². The molecule has 0 unspecified atom stereocenters. The molecule has 4 N–H and O–H groups in total. The highest BCUT2D eigenvalue weighted by Gasteiger charge is 2.30. The molecule has 0 saturated carbocycles. The van der Waals surface area contributed by atoms with E-state index in [1.165, 1.54) is 0 Å². The fourth-order valence-corrected chi connectivity index (χ4v) is 6.99. The number of benzene rings is 2. The van der Waals surface area contributed by atoms with E-state index in [0.717, 1.165) is 110 Å². The Morgan fingerprint density at radius 3 is 2.04 bits per heavy atom. The SMILES string of the molecule is Cc1ccc(Cc2cccc(CNC(=O)c3oc4c(c3C)-c3[nH]ncc3CC4)c2)c(NC(=O)c2oc3c(c2C)-c2[nH]ncc2CC3)c1. The fraction of sp³-hybridized carbons (Fsp3) is 0.243. The molecule has 10 nitrogen and oxygen atoms in total. The van der Waals surface area contributed by atoms with Crippen molar-refractivity contribution in [2.45, 2.75) is 59.4 Å². The highest BCUT2D eigenvalue weighted by Crippen LogP contribution is 2.39. The molecule has 0 radical (unpaired) electrons. The number of anilines is 1. The first kappa shape index (κ1) is 28.8. The molecule has 47 heavy (non-hydrogen) atoms. The maximum atomic E-state index is 13.6. The van der Waals surface area contributed by atoms with Crippen molar-refractivity contribution in [2.75, 3.05) is 5.32 Å². The zero-order valence-electron chi connectivity index (χ0n) is 26.5. The van der Waals surface area contributed by atoms with Gasteiger partial charge in [-0.15, -0.1) is 0 Å². The van der Waals surface area contributed by atoms with Crippen LogP contribution in [0.25, 0.3) is 22.5 Å². The molecule has 8 rings (SSSR count). The fourth-order valence-electron chi connectivity index (χ4n) is 6.99. The quantitative estimate of drug-likeness (QED) is 0.158. The summed E-state index contributed by atoms with van der Waals surface area (Å²) in [7, 11) is 0. The summed E-state index contributed by atoms with van der Waals surface area (Å²) in [5.41, 5.74) is 12.5. The van der Waals surface area contributed by atoms with Crippen molar-refractivity contribution in [3.63, 3.8) is 0 Å². The summed E-state index contributed by atoms with van der Waals surface area (Å²) in [6, 6.07) is 14.2. The van der Waals surface area contributed by atoms with Crippen molar-refractivity contribution in [2.24, 2.45) is 0 Å². The van der Waals surface area contributed by atoms with Crippen LogP contribution in [-0.4, -0.2) is 32.2 Å². The average molecular weight is 627 g/mol. The molecule has 4 heterocycles. The van der Waals surface area contributed by atoms with Gasteiger partial charge in [0.15, 0.2) is 11.5 Å². The van der Waals surface area contributed by atoms with Gasteiger partial charge in [0.25, 0.3) is 11.8 Å². The Labute approximate surface area is 271 Å². The number of fused-ring (bicyclic) bond motifs is 6. The number of aromatic nitrogens is 4. The Morgan fingerprint density at radius 1 is 0.766 bits per heavy atom. The molecule has 6 aromatic rings. The van der Waals surface area contributed by atoms with Crippen molar-refractivity contribution in [1.29, 1.82) is 0 Å². The summed E-state index contributed by atoms with van der Waals surface area (Å²) in [4.78, 5) is 26.8. The zero-order chi connectivity index (χ0) is 32.2. The average Bonchev–Trinajstić information content (AvgIpc) is 3.86. The van der Waals surface area contributed by atoms with Crippen LogP contribution in [0.3, 0.4) is 0 Å². The van der Waals surface area contributed by atoms with E-state index in [1.54, 1.807) is 0 Å². The molecule has 10 heteroatoms. The van der Waals surface area contributed by atoms with Crippen LogP contribution < -0.4 is 10.6 Å². The first-order valence-electron chi connectivity index (χ1n) is 15.9. The molecule has 0 aliphatic heterocycles. The van der Waals surface area contributed by atoms with E-state index in [2.05, 4.69) is 43.2 Å². The van der Waals surface area contributed by atoms with Crippen LogP contribution >= 0.6 is 0 Å². The smallest absolute Gasteiger partial charge is 0.291 e. The van der Waals surface area contributed by atoms with Gasteiger partial charge in [0.05, 0.1) is 23.8 Å². The molecular formula is C37H34N6O4. The van der Waals surface area contributed by atoms with Crippen molar-refractivity contribution in [1.82, 2.24) is 25.7 Å². The number of carbonyl (C=O) groups excluding carboxylic acids is 2.